The highest BCUT2D eigenvalue weighted by Crippen LogP contribution is 2.20. The van der Waals surface area contributed by atoms with Gasteiger partial charge in [0.15, 0.2) is 0 Å². The van der Waals surface area contributed by atoms with Crippen molar-refractivity contribution in [1.82, 2.24) is 4.98 Å². The molecule has 94 valence electrons. The molecule has 3 heteroatoms. The zero-order chi connectivity index (χ0) is 12.8. The number of aliphatic hydroxyl groups excluding tert-OH is 1. The van der Waals surface area contributed by atoms with Gasteiger partial charge in [-0.2, -0.15) is 0 Å². The van der Waals surface area contributed by atoms with Crippen LogP contribution in [0.15, 0.2) is 48.8 Å². The number of ether oxygens (including phenoxy) is 1. The fourth-order valence-corrected chi connectivity index (χ4v) is 1.67. The Morgan fingerprint density at radius 3 is 2.39 bits per heavy atom. The number of aliphatic hydroxyl groups is 1. The molecule has 0 spiro atoms. The van der Waals surface area contributed by atoms with Crippen molar-refractivity contribution in [3.05, 3.63) is 59.9 Å². The van der Waals surface area contributed by atoms with Gasteiger partial charge in [-0.05, 0) is 41.8 Å². The minimum absolute atomic E-state index is 0.390. The molecule has 1 heterocycles. The molecule has 0 amide bonds. The van der Waals surface area contributed by atoms with E-state index in [1.54, 1.807) is 12.4 Å². The Labute approximate surface area is 107 Å². The quantitative estimate of drug-likeness (QED) is 0.877. The van der Waals surface area contributed by atoms with Gasteiger partial charge in [-0.25, -0.2) is 0 Å². The molecular formula is C15H17NO2. The van der Waals surface area contributed by atoms with Crippen LogP contribution < -0.4 is 4.74 Å². The van der Waals surface area contributed by atoms with Crippen molar-refractivity contribution >= 4 is 0 Å². The first-order chi connectivity index (χ1) is 8.79. The molecule has 0 saturated carbocycles. The molecule has 0 bridgehead atoms. The van der Waals surface area contributed by atoms with Gasteiger partial charge >= 0.3 is 0 Å². The molecule has 1 N–H and O–H groups in total. The summed E-state index contributed by atoms with van der Waals surface area (Å²) in [7, 11) is 0. The Morgan fingerprint density at radius 1 is 1.11 bits per heavy atom. The number of benzene rings is 1. The van der Waals surface area contributed by atoms with E-state index >= 15 is 0 Å². The summed E-state index contributed by atoms with van der Waals surface area (Å²) in [6.07, 6.45) is 3.83. The second-order valence-electron chi connectivity index (χ2n) is 4.14. The number of nitrogens with zero attached hydrogens (tertiary/aromatic N) is 1. The van der Waals surface area contributed by atoms with Crippen LogP contribution in [0.1, 0.15) is 30.6 Å². The molecule has 1 aromatic carbocycles. The molecule has 0 aliphatic carbocycles. The Bertz CT molecular complexity index is 468. The van der Waals surface area contributed by atoms with E-state index in [0.29, 0.717) is 6.61 Å². The molecule has 0 aliphatic rings. The Hall–Kier alpha value is -1.87. The maximum Gasteiger partial charge on any atom is 0.119 e. The van der Waals surface area contributed by atoms with Crippen LogP contribution in [0.4, 0.5) is 0 Å². The molecule has 1 unspecified atom stereocenters. The molecule has 1 aromatic heterocycles. The summed E-state index contributed by atoms with van der Waals surface area (Å²) in [5.41, 5.74) is 2.01. The molecule has 0 fully saturated rings. The highest BCUT2D eigenvalue weighted by Gasteiger charge is 2.04. The summed E-state index contributed by atoms with van der Waals surface area (Å²) in [5, 5.41) is 9.68. The summed E-state index contributed by atoms with van der Waals surface area (Å²) >= 11 is 0. The minimum atomic E-state index is -0.390. The van der Waals surface area contributed by atoms with Gasteiger partial charge < -0.3 is 9.84 Å². The predicted molar refractivity (Wildman–Crippen MR) is 70.3 cm³/mol. The monoisotopic (exact) mass is 243 g/mol. The molecule has 18 heavy (non-hydrogen) atoms. The first-order valence-electron chi connectivity index (χ1n) is 6.09. The Kier molecular flexibility index (Phi) is 4.31. The third kappa shape index (κ3) is 3.31. The summed E-state index contributed by atoms with van der Waals surface area (Å²) in [6.45, 7) is 2.48. The van der Waals surface area contributed by atoms with E-state index in [4.69, 9.17) is 4.74 Å². The lowest BCUT2D eigenvalue weighted by Gasteiger charge is -2.10. The van der Waals surface area contributed by atoms with Gasteiger partial charge in [-0.1, -0.05) is 19.1 Å². The first-order valence-corrected chi connectivity index (χ1v) is 6.09. The van der Waals surface area contributed by atoms with Crippen molar-refractivity contribution in [3.63, 3.8) is 0 Å². The molecule has 2 rings (SSSR count). The third-order valence-electron chi connectivity index (χ3n) is 2.81. The lowest BCUT2D eigenvalue weighted by molar-refractivity contribution is 0.173. The van der Waals surface area contributed by atoms with Crippen LogP contribution in [0.5, 0.6) is 5.75 Å². The fourth-order valence-electron chi connectivity index (χ4n) is 1.67. The van der Waals surface area contributed by atoms with Gasteiger partial charge in [0, 0.05) is 12.4 Å². The maximum atomic E-state index is 9.68. The van der Waals surface area contributed by atoms with Gasteiger partial charge in [0.2, 0.25) is 0 Å². The summed E-state index contributed by atoms with van der Waals surface area (Å²) in [5.74, 6) is 0.805. The van der Waals surface area contributed by atoms with E-state index < -0.39 is 0 Å². The average molecular weight is 243 g/mol. The van der Waals surface area contributed by atoms with E-state index in [9.17, 15) is 5.11 Å². The molecule has 0 saturated heterocycles. The van der Waals surface area contributed by atoms with E-state index in [-0.39, 0.29) is 6.10 Å². The van der Waals surface area contributed by atoms with Crippen LogP contribution in [0.3, 0.4) is 0 Å². The van der Waals surface area contributed by atoms with E-state index in [2.05, 4.69) is 4.98 Å². The van der Waals surface area contributed by atoms with Gasteiger partial charge in [0.25, 0.3) is 0 Å². The minimum Gasteiger partial charge on any atom is -0.489 e. The Morgan fingerprint density at radius 2 is 1.78 bits per heavy atom. The molecule has 3 nitrogen and oxygen atoms in total. The van der Waals surface area contributed by atoms with E-state index in [0.717, 1.165) is 23.3 Å². The molecule has 0 aliphatic heterocycles. The molecule has 1 atom stereocenters. The first kappa shape index (κ1) is 12.6. The number of rotatable bonds is 5. The lowest BCUT2D eigenvalue weighted by Crippen LogP contribution is -1.97. The van der Waals surface area contributed by atoms with Crippen molar-refractivity contribution in [2.45, 2.75) is 26.1 Å². The van der Waals surface area contributed by atoms with Crippen molar-refractivity contribution in [2.24, 2.45) is 0 Å². The van der Waals surface area contributed by atoms with E-state index in [1.807, 2.05) is 43.3 Å². The van der Waals surface area contributed by atoms with Crippen LogP contribution >= 0.6 is 0 Å². The van der Waals surface area contributed by atoms with Crippen LogP contribution in [0.2, 0.25) is 0 Å². The Balaban J connectivity index is 1.94. The van der Waals surface area contributed by atoms with Crippen molar-refractivity contribution in [1.29, 1.82) is 0 Å². The predicted octanol–water partition coefficient (Wildman–Crippen LogP) is 3.10. The standard InChI is InChI=1S/C15H17NO2/c1-2-15(17)13-3-5-14(6-4-13)18-11-12-7-9-16-10-8-12/h3-10,15,17H,2,11H2,1H3. The fraction of sp³-hybridized carbons (Fsp3) is 0.267. The van der Waals surface area contributed by atoms with Crippen molar-refractivity contribution in [3.8, 4) is 5.75 Å². The summed E-state index contributed by atoms with van der Waals surface area (Å²) < 4.78 is 5.65. The van der Waals surface area contributed by atoms with Crippen LogP contribution in [0.25, 0.3) is 0 Å². The zero-order valence-corrected chi connectivity index (χ0v) is 10.4. The number of pyridine rings is 1. The van der Waals surface area contributed by atoms with Crippen molar-refractivity contribution in [2.75, 3.05) is 0 Å². The topological polar surface area (TPSA) is 42.4 Å². The molecule has 2 aromatic rings. The highest BCUT2D eigenvalue weighted by atomic mass is 16.5. The number of hydrogen-bond acceptors (Lipinski definition) is 3. The number of aromatic nitrogens is 1. The highest BCUT2D eigenvalue weighted by molar-refractivity contribution is 5.28. The van der Waals surface area contributed by atoms with Crippen molar-refractivity contribution < 1.29 is 9.84 Å². The van der Waals surface area contributed by atoms with E-state index in [1.165, 1.54) is 0 Å². The summed E-state index contributed by atoms with van der Waals surface area (Å²) in [6, 6.07) is 11.4. The van der Waals surface area contributed by atoms with Gasteiger partial charge in [-0.3, -0.25) is 4.98 Å². The zero-order valence-electron chi connectivity index (χ0n) is 10.4. The smallest absolute Gasteiger partial charge is 0.119 e. The summed E-state index contributed by atoms with van der Waals surface area (Å²) in [4.78, 5) is 3.96. The van der Waals surface area contributed by atoms with Crippen LogP contribution in [-0.2, 0) is 6.61 Å². The van der Waals surface area contributed by atoms with Crippen LogP contribution in [-0.4, -0.2) is 10.1 Å². The normalized spacial score (nSPS) is 12.1. The van der Waals surface area contributed by atoms with Gasteiger partial charge in [-0.15, -0.1) is 0 Å². The molecule has 0 radical (unpaired) electrons. The van der Waals surface area contributed by atoms with Gasteiger partial charge in [0.1, 0.15) is 12.4 Å². The largest absolute Gasteiger partial charge is 0.489 e. The van der Waals surface area contributed by atoms with Crippen LogP contribution in [0, 0.1) is 0 Å². The lowest BCUT2D eigenvalue weighted by atomic mass is 10.1. The third-order valence-corrected chi connectivity index (χ3v) is 2.81. The average Bonchev–Trinajstić information content (AvgIpc) is 2.46. The number of hydrogen-bond donors (Lipinski definition) is 1. The second-order valence-corrected chi connectivity index (χ2v) is 4.14. The SMILES string of the molecule is CCC(O)c1ccc(OCc2ccncc2)cc1. The second kappa shape index (κ2) is 6.17. The molecular weight excluding hydrogens is 226 g/mol. The van der Waals surface area contributed by atoms with Gasteiger partial charge in [0.05, 0.1) is 6.10 Å². The maximum absolute atomic E-state index is 9.68.